The van der Waals surface area contributed by atoms with Crippen LogP contribution in [0.1, 0.15) is 0 Å². The SMILES string of the molecule is c1ccc(-c2cccc(-n3c4ccccc4c4ccc(-c5cccc6c5c5ccccc5n6-c5cc(-c6ccccc6)cc(-c6ccccc6)c5)cc43)c2)cc1. The van der Waals surface area contributed by atoms with Crippen LogP contribution < -0.4 is 0 Å². The fraction of sp³-hybridized carbons (Fsp3) is 0. The average Bonchev–Trinajstić information content (AvgIpc) is 3.80. The van der Waals surface area contributed by atoms with Crippen molar-refractivity contribution < 1.29 is 0 Å². The lowest BCUT2D eigenvalue weighted by atomic mass is 9.97. The molecule has 0 radical (unpaired) electrons. The van der Waals surface area contributed by atoms with Crippen molar-refractivity contribution in [2.24, 2.45) is 0 Å². The molecule has 2 nitrogen and oxygen atoms in total. The molecule has 2 aromatic heterocycles. The summed E-state index contributed by atoms with van der Waals surface area (Å²) in [6, 6.07) is 79.5. The molecule has 11 rings (SSSR count). The standard InChI is InChI=1S/C54H36N2/c1-4-16-37(17-5-1)40-22-14-23-44(33-40)55-50-27-12-10-24-47(50)48-31-30-41(36-53(48)55)46-26-15-29-52-54(46)49-25-11-13-28-51(49)56(52)45-34-42(38-18-6-2-7-19-38)32-43(35-45)39-20-8-3-9-21-39/h1-36H. The molecule has 0 spiro atoms. The fourth-order valence-electron chi connectivity index (χ4n) is 8.74. The first-order valence-corrected chi connectivity index (χ1v) is 19.3. The van der Waals surface area contributed by atoms with Crippen molar-refractivity contribution in [1.29, 1.82) is 0 Å². The van der Waals surface area contributed by atoms with Gasteiger partial charge in [0.15, 0.2) is 0 Å². The number of para-hydroxylation sites is 2. The maximum atomic E-state index is 2.46. The van der Waals surface area contributed by atoms with Gasteiger partial charge >= 0.3 is 0 Å². The first-order valence-electron chi connectivity index (χ1n) is 19.3. The van der Waals surface area contributed by atoms with Crippen molar-refractivity contribution in [1.82, 2.24) is 9.13 Å². The summed E-state index contributed by atoms with van der Waals surface area (Å²) < 4.78 is 4.89. The predicted octanol–water partition coefficient (Wildman–Crippen LogP) is 14.5. The molecule has 56 heavy (non-hydrogen) atoms. The number of aromatic nitrogens is 2. The Bertz CT molecular complexity index is 3170. The van der Waals surface area contributed by atoms with Gasteiger partial charge in [0.1, 0.15) is 0 Å². The lowest BCUT2D eigenvalue weighted by Crippen LogP contribution is -1.96. The van der Waals surface area contributed by atoms with Crippen molar-refractivity contribution in [3.63, 3.8) is 0 Å². The van der Waals surface area contributed by atoms with Crippen LogP contribution >= 0.6 is 0 Å². The second-order valence-electron chi connectivity index (χ2n) is 14.6. The van der Waals surface area contributed by atoms with E-state index in [1.165, 1.54) is 88.1 Å². The van der Waals surface area contributed by atoms with Crippen molar-refractivity contribution in [3.8, 4) is 55.9 Å². The van der Waals surface area contributed by atoms with Gasteiger partial charge in [-0.25, -0.2) is 0 Å². The van der Waals surface area contributed by atoms with Crippen molar-refractivity contribution in [2.45, 2.75) is 0 Å². The van der Waals surface area contributed by atoms with Crippen LogP contribution in [-0.2, 0) is 0 Å². The first kappa shape index (κ1) is 32.0. The van der Waals surface area contributed by atoms with Gasteiger partial charge in [0.25, 0.3) is 0 Å². The molecule has 0 N–H and O–H groups in total. The number of hydrogen-bond donors (Lipinski definition) is 0. The minimum absolute atomic E-state index is 1.14. The van der Waals surface area contributed by atoms with Crippen molar-refractivity contribution >= 4 is 43.6 Å². The van der Waals surface area contributed by atoms with E-state index in [1.807, 2.05) is 0 Å². The number of fused-ring (bicyclic) bond motifs is 6. The van der Waals surface area contributed by atoms with E-state index >= 15 is 0 Å². The van der Waals surface area contributed by atoms with Crippen LogP contribution in [0.3, 0.4) is 0 Å². The Morgan fingerprint density at radius 3 is 1.39 bits per heavy atom. The Balaban J connectivity index is 1.15. The van der Waals surface area contributed by atoms with Crippen LogP contribution in [0.2, 0.25) is 0 Å². The summed E-state index contributed by atoms with van der Waals surface area (Å²) in [5, 5.41) is 4.99. The number of benzene rings is 9. The van der Waals surface area contributed by atoms with Gasteiger partial charge in [-0.05, 0) is 99.1 Å². The van der Waals surface area contributed by atoms with Gasteiger partial charge in [-0.15, -0.1) is 0 Å². The Hall–Kier alpha value is -7.42. The Morgan fingerprint density at radius 1 is 0.232 bits per heavy atom. The molecule has 0 atom stereocenters. The van der Waals surface area contributed by atoms with Gasteiger partial charge in [0.05, 0.1) is 22.1 Å². The van der Waals surface area contributed by atoms with E-state index in [4.69, 9.17) is 0 Å². The summed E-state index contributed by atoms with van der Waals surface area (Å²) >= 11 is 0. The molecule has 262 valence electrons. The Morgan fingerprint density at radius 2 is 0.714 bits per heavy atom. The van der Waals surface area contributed by atoms with Crippen molar-refractivity contribution in [3.05, 3.63) is 218 Å². The molecule has 0 saturated heterocycles. The molecule has 11 aromatic rings. The predicted molar refractivity (Wildman–Crippen MR) is 237 cm³/mol. The molecule has 0 amide bonds. The summed E-state index contributed by atoms with van der Waals surface area (Å²) in [4.78, 5) is 0. The van der Waals surface area contributed by atoms with E-state index in [0.717, 1.165) is 11.4 Å². The highest BCUT2D eigenvalue weighted by Crippen LogP contribution is 2.42. The molecule has 0 saturated carbocycles. The average molecular weight is 713 g/mol. The smallest absolute Gasteiger partial charge is 0.0547 e. The van der Waals surface area contributed by atoms with E-state index in [2.05, 4.69) is 228 Å². The quantitative estimate of drug-likeness (QED) is 0.162. The second kappa shape index (κ2) is 13.2. The van der Waals surface area contributed by atoms with Gasteiger partial charge in [-0.1, -0.05) is 164 Å². The third-order valence-corrected chi connectivity index (χ3v) is 11.3. The summed E-state index contributed by atoms with van der Waals surface area (Å²) in [5.41, 5.74) is 16.7. The lowest BCUT2D eigenvalue weighted by Gasteiger charge is -2.14. The van der Waals surface area contributed by atoms with Crippen LogP contribution in [0.4, 0.5) is 0 Å². The maximum Gasteiger partial charge on any atom is 0.0547 e. The van der Waals surface area contributed by atoms with Crippen LogP contribution in [0.25, 0.3) is 99.5 Å². The third kappa shape index (κ3) is 5.26. The molecule has 2 heteroatoms. The van der Waals surface area contributed by atoms with Crippen LogP contribution in [0, 0.1) is 0 Å². The minimum atomic E-state index is 1.14. The van der Waals surface area contributed by atoms with Crippen LogP contribution in [0.15, 0.2) is 218 Å². The zero-order chi connectivity index (χ0) is 37.0. The molecule has 0 fully saturated rings. The van der Waals surface area contributed by atoms with Crippen LogP contribution in [0.5, 0.6) is 0 Å². The van der Waals surface area contributed by atoms with Gasteiger partial charge in [-0.3, -0.25) is 0 Å². The number of rotatable bonds is 6. The Labute approximate surface area is 325 Å². The molecular formula is C54H36N2. The summed E-state index contributed by atoms with van der Waals surface area (Å²) in [7, 11) is 0. The molecule has 0 aliphatic carbocycles. The van der Waals surface area contributed by atoms with Gasteiger partial charge in [-0.2, -0.15) is 0 Å². The van der Waals surface area contributed by atoms with Crippen LogP contribution in [-0.4, -0.2) is 9.13 Å². The molecule has 2 heterocycles. The molecule has 0 aliphatic rings. The molecule has 9 aromatic carbocycles. The monoisotopic (exact) mass is 712 g/mol. The third-order valence-electron chi connectivity index (χ3n) is 11.3. The largest absolute Gasteiger partial charge is 0.309 e. The zero-order valence-electron chi connectivity index (χ0n) is 30.7. The molecular weight excluding hydrogens is 677 g/mol. The van der Waals surface area contributed by atoms with Gasteiger partial charge < -0.3 is 9.13 Å². The molecule has 0 unspecified atom stereocenters. The van der Waals surface area contributed by atoms with E-state index in [0.29, 0.717) is 0 Å². The van der Waals surface area contributed by atoms with Gasteiger partial charge in [0.2, 0.25) is 0 Å². The van der Waals surface area contributed by atoms with E-state index in [1.54, 1.807) is 0 Å². The van der Waals surface area contributed by atoms with E-state index in [9.17, 15) is 0 Å². The zero-order valence-corrected chi connectivity index (χ0v) is 30.7. The minimum Gasteiger partial charge on any atom is -0.309 e. The topological polar surface area (TPSA) is 9.86 Å². The second-order valence-corrected chi connectivity index (χ2v) is 14.6. The molecule has 0 aliphatic heterocycles. The molecule has 0 bridgehead atoms. The number of hydrogen-bond acceptors (Lipinski definition) is 0. The normalized spacial score (nSPS) is 11.6. The lowest BCUT2D eigenvalue weighted by molar-refractivity contribution is 1.18. The van der Waals surface area contributed by atoms with Crippen molar-refractivity contribution in [2.75, 3.05) is 0 Å². The fourth-order valence-corrected chi connectivity index (χ4v) is 8.74. The highest BCUT2D eigenvalue weighted by molar-refractivity contribution is 6.17. The summed E-state index contributed by atoms with van der Waals surface area (Å²) in [5.74, 6) is 0. The highest BCUT2D eigenvalue weighted by atomic mass is 15.0. The number of nitrogens with zero attached hydrogens (tertiary/aromatic N) is 2. The summed E-state index contributed by atoms with van der Waals surface area (Å²) in [6.07, 6.45) is 0. The Kier molecular flexibility index (Phi) is 7.53. The summed E-state index contributed by atoms with van der Waals surface area (Å²) in [6.45, 7) is 0. The highest BCUT2D eigenvalue weighted by Gasteiger charge is 2.19. The maximum absolute atomic E-state index is 2.46. The van der Waals surface area contributed by atoms with Gasteiger partial charge in [0, 0.05) is 32.9 Å². The first-order chi connectivity index (χ1) is 27.8. The van der Waals surface area contributed by atoms with E-state index < -0.39 is 0 Å². The van der Waals surface area contributed by atoms with E-state index in [-0.39, 0.29) is 0 Å².